The molecule has 0 saturated carbocycles. The summed E-state index contributed by atoms with van der Waals surface area (Å²) >= 11 is 0. The van der Waals surface area contributed by atoms with Crippen LogP contribution < -0.4 is 5.32 Å². The Bertz CT molecular complexity index is 301. The topological polar surface area (TPSA) is 55.4 Å². The van der Waals surface area contributed by atoms with Gasteiger partial charge in [0.1, 0.15) is 0 Å². The molecule has 0 aliphatic carbocycles. The monoisotopic (exact) mass is 263 g/mol. The lowest BCUT2D eigenvalue weighted by Gasteiger charge is -2.30. The zero-order chi connectivity index (χ0) is 12.7. The lowest BCUT2D eigenvalue weighted by Crippen LogP contribution is -2.40. The fraction of sp³-hybridized carbons (Fsp3) is 1.00. The van der Waals surface area contributed by atoms with Crippen LogP contribution in [0.15, 0.2) is 0 Å². The highest BCUT2D eigenvalue weighted by Crippen LogP contribution is 2.17. The molecule has 17 heavy (non-hydrogen) atoms. The van der Waals surface area contributed by atoms with Crippen LogP contribution in [0, 0.1) is 0 Å². The third kappa shape index (κ3) is 5.84. The van der Waals surface area contributed by atoms with Crippen LogP contribution in [0.4, 0.5) is 0 Å². The molecule has 1 N–H and O–H groups in total. The molecule has 2 unspecified atom stereocenters. The largest absolute Gasteiger partial charge is 0.378 e. The van der Waals surface area contributed by atoms with Crippen molar-refractivity contribution in [1.29, 1.82) is 0 Å². The lowest BCUT2D eigenvalue weighted by molar-refractivity contribution is -0.00278. The van der Waals surface area contributed by atoms with Crippen molar-refractivity contribution in [2.24, 2.45) is 0 Å². The first kappa shape index (κ1) is 14.9. The first-order valence-electron chi connectivity index (χ1n) is 6.62. The fourth-order valence-corrected chi connectivity index (χ4v) is 2.87. The average molecular weight is 263 g/mol. The van der Waals surface area contributed by atoms with E-state index in [-0.39, 0.29) is 11.5 Å². The first-order valence-corrected chi connectivity index (χ1v) is 8.45. The van der Waals surface area contributed by atoms with Gasteiger partial charge < -0.3 is 10.1 Å². The number of ether oxygens (including phenoxy) is 1. The maximum atomic E-state index is 11.3. The molecular weight excluding hydrogens is 238 g/mol. The van der Waals surface area contributed by atoms with E-state index >= 15 is 0 Å². The van der Waals surface area contributed by atoms with Gasteiger partial charge in [0.2, 0.25) is 0 Å². The number of hydrogen-bond donors (Lipinski definition) is 1. The summed E-state index contributed by atoms with van der Waals surface area (Å²) < 4.78 is 28.3. The molecule has 1 saturated heterocycles. The van der Waals surface area contributed by atoms with Crippen LogP contribution in [-0.2, 0) is 14.6 Å². The third-order valence-corrected chi connectivity index (χ3v) is 4.97. The van der Waals surface area contributed by atoms with Crippen molar-refractivity contribution in [3.63, 3.8) is 0 Å². The second-order valence-corrected chi connectivity index (χ2v) is 7.17. The van der Waals surface area contributed by atoms with E-state index in [0.29, 0.717) is 18.7 Å². The Balaban J connectivity index is 2.23. The van der Waals surface area contributed by atoms with Crippen LogP contribution in [0.3, 0.4) is 0 Å². The van der Waals surface area contributed by atoms with Gasteiger partial charge in [0.05, 0.1) is 11.9 Å². The van der Waals surface area contributed by atoms with Crippen molar-refractivity contribution in [3.8, 4) is 0 Å². The minimum absolute atomic E-state index is 0.237. The molecule has 0 amide bonds. The van der Waals surface area contributed by atoms with Crippen molar-refractivity contribution in [1.82, 2.24) is 5.32 Å². The Hall–Kier alpha value is -0.130. The maximum Gasteiger partial charge on any atom is 0.151 e. The average Bonchev–Trinajstić information content (AvgIpc) is 2.30. The molecule has 0 spiro atoms. The predicted octanol–water partition coefficient (Wildman–Crippen LogP) is 1.36. The van der Waals surface area contributed by atoms with E-state index in [1.54, 1.807) is 6.92 Å². The molecule has 5 heteroatoms. The van der Waals surface area contributed by atoms with Crippen molar-refractivity contribution in [2.45, 2.75) is 51.7 Å². The summed E-state index contributed by atoms with van der Waals surface area (Å²) in [4.78, 5) is 0. The highest BCUT2D eigenvalue weighted by Gasteiger charge is 2.21. The molecule has 1 heterocycles. The minimum atomic E-state index is -2.84. The number of rotatable bonds is 7. The summed E-state index contributed by atoms with van der Waals surface area (Å²) in [6.45, 7) is 5.22. The molecule has 1 fully saturated rings. The van der Waals surface area contributed by atoms with Crippen LogP contribution in [-0.4, -0.2) is 45.2 Å². The Labute approximate surface area is 105 Å². The number of sulfone groups is 1. The van der Waals surface area contributed by atoms with Crippen LogP contribution in [0.25, 0.3) is 0 Å². The summed E-state index contributed by atoms with van der Waals surface area (Å²) in [7, 11) is -2.84. The van der Waals surface area contributed by atoms with E-state index in [4.69, 9.17) is 4.74 Å². The van der Waals surface area contributed by atoms with Crippen molar-refractivity contribution in [2.75, 3.05) is 24.7 Å². The zero-order valence-corrected chi connectivity index (χ0v) is 11.8. The number of hydrogen-bond acceptors (Lipinski definition) is 4. The first-order chi connectivity index (χ1) is 8.07. The van der Waals surface area contributed by atoms with Gasteiger partial charge in [-0.25, -0.2) is 8.42 Å². The zero-order valence-electron chi connectivity index (χ0n) is 10.9. The summed E-state index contributed by atoms with van der Waals surface area (Å²) in [6, 6.07) is 0.423. The normalized spacial score (nSPS) is 26.0. The van der Waals surface area contributed by atoms with Crippen LogP contribution in [0.2, 0.25) is 0 Å². The van der Waals surface area contributed by atoms with Gasteiger partial charge in [-0.2, -0.15) is 0 Å². The molecule has 1 aliphatic rings. The predicted molar refractivity (Wildman–Crippen MR) is 70.0 cm³/mol. The summed E-state index contributed by atoms with van der Waals surface area (Å²) in [5.41, 5.74) is 0. The SMILES string of the molecule is CCCC1CC(NCCS(=O)(=O)CC)CCO1. The molecule has 0 aromatic heterocycles. The second kappa shape index (κ2) is 7.34. The standard InChI is InChI=1S/C12H25NO3S/c1-3-5-12-10-11(6-8-16-12)13-7-9-17(14,15)4-2/h11-13H,3-10H2,1-2H3. The molecule has 1 aliphatic heterocycles. The maximum absolute atomic E-state index is 11.3. The molecule has 0 aromatic rings. The third-order valence-electron chi connectivity index (χ3n) is 3.26. The lowest BCUT2D eigenvalue weighted by atomic mass is 10.0. The summed E-state index contributed by atoms with van der Waals surface area (Å²) in [6.07, 6.45) is 4.61. The highest BCUT2D eigenvalue weighted by atomic mass is 32.2. The van der Waals surface area contributed by atoms with Gasteiger partial charge in [-0.05, 0) is 19.3 Å². The molecule has 0 aromatic carbocycles. The Morgan fingerprint density at radius 3 is 2.76 bits per heavy atom. The van der Waals surface area contributed by atoms with Gasteiger partial charge in [0.15, 0.2) is 9.84 Å². The molecular formula is C12H25NO3S. The highest BCUT2D eigenvalue weighted by molar-refractivity contribution is 7.91. The van der Waals surface area contributed by atoms with Gasteiger partial charge in [0, 0.05) is 24.9 Å². The molecule has 1 rings (SSSR count). The van der Waals surface area contributed by atoms with Crippen molar-refractivity contribution < 1.29 is 13.2 Å². The molecule has 102 valence electrons. The molecule has 0 bridgehead atoms. The van der Waals surface area contributed by atoms with E-state index in [0.717, 1.165) is 32.3 Å². The Kier molecular flexibility index (Phi) is 6.44. The Morgan fingerprint density at radius 2 is 2.12 bits per heavy atom. The minimum Gasteiger partial charge on any atom is -0.378 e. The molecule has 4 nitrogen and oxygen atoms in total. The summed E-state index contributed by atoms with van der Waals surface area (Å²) in [5, 5.41) is 3.34. The Morgan fingerprint density at radius 1 is 1.35 bits per heavy atom. The van der Waals surface area contributed by atoms with Gasteiger partial charge in [-0.15, -0.1) is 0 Å². The second-order valence-electron chi connectivity index (χ2n) is 4.69. The van der Waals surface area contributed by atoms with Gasteiger partial charge in [-0.3, -0.25) is 0 Å². The van der Waals surface area contributed by atoms with Crippen LogP contribution in [0.5, 0.6) is 0 Å². The quantitative estimate of drug-likeness (QED) is 0.753. The van der Waals surface area contributed by atoms with E-state index in [1.165, 1.54) is 0 Å². The smallest absolute Gasteiger partial charge is 0.151 e. The van der Waals surface area contributed by atoms with Gasteiger partial charge in [-0.1, -0.05) is 20.3 Å². The van der Waals surface area contributed by atoms with Crippen LogP contribution in [0.1, 0.15) is 39.5 Å². The van der Waals surface area contributed by atoms with E-state index in [9.17, 15) is 8.42 Å². The van der Waals surface area contributed by atoms with E-state index in [1.807, 2.05) is 0 Å². The number of nitrogens with one attached hydrogen (secondary N) is 1. The van der Waals surface area contributed by atoms with E-state index < -0.39 is 9.84 Å². The molecule has 0 radical (unpaired) electrons. The van der Waals surface area contributed by atoms with E-state index in [2.05, 4.69) is 12.2 Å². The fourth-order valence-electron chi connectivity index (χ4n) is 2.15. The van der Waals surface area contributed by atoms with Gasteiger partial charge >= 0.3 is 0 Å². The van der Waals surface area contributed by atoms with Crippen molar-refractivity contribution >= 4 is 9.84 Å². The molecule has 2 atom stereocenters. The van der Waals surface area contributed by atoms with Gasteiger partial charge in [0.25, 0.3) is 0 Å². The summed E-state index contributed by atoms with van der Waals surface area (Å²) in [5.74, 6) is 0.486. The van der Waals surface area contributed by atoms with Crippen molar-refractivity contribution in [3.05, 3.63) is 0 Å². The van der Waals surface area contributed by atoms with Crippen LogP contribution >= 0.6 is 0 Å².